The van der Waals surface area contributed by atoms with Gasteiger partial charge in [0.25, 0.3) is 5.91 Å². The summed E-state index contributed by atoms with van der Waals surface area (Å²) < 4.78 is 5.19. The molecular formula is C18H18ClNO2. The molecule has 0 aromatic heterocycles. The molecule has 1 fully saturated rings. The first-order valence-corrected chi connectivity index (χ1v) is 7.70. The second-order valence-electron chi connectivity index (χ2n) is 5.67. The number of benzene rings is 2. The number of hydrogen-bond acceptors (Lipinski definition) is 2. The third kappa shape index (κ3) is 2.95. The summed E-state index contributed by atoms with van der Waals surface area (Å²) in [5, 5.41) is 3.50. The number of ether oxygens (including phenoxy) is 1. The van der Waals surface area contributed by atoms with E-state index in [0.717, 1.165) is 18.6 Å². The maximum absolute atomic E-state index is 12.3. The molecule has 2 aromatic rings. The number of nitrogens with one attached hydrogen (secondary N) is 1. The number of carbonyl (C=O) groups is 1. The molecule has 1 amide bonds. The van der Waals surface area contributed by atoms with Crippen LogP contribution in [-0.2, 0) is 5.41 Å². The molecule has 0 spiro atoms. The maximum atomic E-state index is 12.3. The lowest BCUT2D eigenvalue weighted by molar-refractivity contribution is 0.0950. The van der Waals surface area contributed by atoms with E-state index in [9.17, 15) is 4.79 Å². The van der Waals surface area contributed by atoms with Gasteiger partial charge in [-0.3, -0.25) is 4.79 Å². The van der Waals surface area contributed by atoms with E-state index in [2.05, 4.69) is 17.4 Å². The van der Waals surface area contributed by atoms with Crippen molar-refractivity contribution in [1.82, 2.24) is 5.32 Å². The maximum Gasteiger partial charge on any atom is 0.252 e. The highest BCUT2D eigenvalue weighted by Gasteiger charge is 2.44. The van der Waals surface area contributed by atoms with Crippen molar-refractivity contribution in [3.05, 3.63) is 64.7 Å². The predicted molar refractivity (Wildman–Crippen MR) is 87.7 cm³/mol. The Morgan fingerprint density at radius 1 is 1.18 bits per heavy atom. The molecule has 3 rings (SSSR count). The van der Waals surface area contributed by atoms with Crippen LogP contribution in [0.5, 0.6) is 5.75 Å². The first-order valence-electron chi connectivity index (χ1n) is 7.32. The van der Waals surface area contributed by atoms with Crippen LogP contribution in [0, 0.1) is 0 Å². The van der Waals surface area contributed by atoms with Gasteiger partial charge in [0.1, 0.15) is 5.75 Å². The fraction of sp³-hybridized carbons (Fsp3) is 0.278. The van der Waals surface area contributed by atoms with E-state index in [1.165, 1.54) is 5.56 Å². The van der Waals surface area contributed by atoms with E-state index >= 15 is 0 Å². The molecule has 4 heteroatoms. The minimum Gasteiger partial charge on any atom is -0.497 e. The lowest BCUT2D eigenvalue weighted by Gasteiger charge is -2.17. The molecule has 0 saturated heterocycles. The van der Waals surface area contributed by atoms with Crippen molar-refractivity contribution in [3.63, 3.8) is 0 Å². The summed E-state index contributed by atoms with van der Waals surface area (Å²) in [6, 6.07) is 15.2. The summed E-state index contributed by atoms with van der Waals surface area (Å²) in [7, 11) is 1.66. The summed E-state index contributed by atoms with van der Waals surface area (Å²) in [6.07, 6.45) is 2.17. The quantitative estimate of drug-likeness (QED) is 0.911. The number of methoxy groups -OCH3 is 1. The Kier molecular flexibility index (Phi) is 4.08. The highest BCUT2D eigenvalue weighted by molar-refractivity contribution is 6.33. The Balaban J connectivity index is 1.68. The molecule has 22 heavy (non-hydrogen) atoms. The summed E-state index contributed by atoms with van der Waals surface area (Å²) in [6.45, 7) is 0.628. The van der Waals surface area contributed by atoms with E-state index in [1.807, 2.05) is 24.3 Å². The zero-order valence-electron chi connectivity index (χ0n) is 12.4. The zero-order chi connectivity index (χ0) is 15.6. The average molecular weight is 316 g/mol. The Hall–Kier alpha value is -2.00. The van der Waals surface area contributed by atoms with Crippen molar-refractivity contribution < 1.29 is 9.53 Å². The monoisotopic (exact) mass is 315 g/mol. The normalized spacial score (nSPS) is 15.2. The summed E-state index contributed by atoms with van der Waals surface area (Å²) in [5.41, 5.74) is 1.82. The second-order valence-corrected chi connectivity index (χ2v) is 6.08. The molecular weight excluding hydrogens is 298 g/mol. The molecule has 0 unspecified atom stereocenters. The lowest BCUT2D eigenvalue weighted by Crippen LogP contribution is -2.32. The Morgan fingerprint density at radius 2 is 1.86 bits per heavy atom. The van der Waals surface area contributed by atoms with Crippen LogP contribution in [0.2, 0.25) is 5.02 Å². The van der Waals surface area contributed by atoms with E-state index in [-0.39, 0.29) is 11.3 Å². The van der Waals surface area contributed by atoms with E-state index < -0.39 is 0 Å². The van der Waals surface area contributed by atoms with Crippen molar-refractivity contribution in [2.45, 2.75) is 18.3 Å². The standard InChI is InChI=1S/C18H18ClNO2/c1-22-14-8-6-13(7-9-14)18(10-11-18)12-20-17(21)15-4-2-3-5-16(15)19/h2-9H,10-12H2,1H3,(H,20,21). The number of hydrogen-bond donors (Lipinski definition) is 1. The predicted octanol–water partition coefficient (Wildman–Crippen LogP) is 3.81. The van der Waals surface area contributed by atoms with Crippen LogP contribution in [0.3, 0.4) is 0 Å². The molecule has 0 bridgehead atoms. The highest BCUT2D eigenvalue weighted by atomic mass is 35.5. The Bertz CT molecular complexity index is 678. The largest absolute Gasteiger partial charge is 0.497 e. The molecule has 114 valence electrons. The van der Waals surface area contributed by atoms with Crippen LogP contribution in [-0.4, -0.2) is 19.6 Å². The zero-order valence-corrected chi connectivity index (χ0v) is 13.2. The van der Waals surface area contributed by atoms with Crippen molar-refractivity contribution in [1.29, 1.82) is 0 Å². The van der Waals surface area contributed by atoms with Gasteiger partial charge in [-0.2, -0.15) is 0 Å². The Labute approximate surface area is 135 Å². The van der Waals surface area contributed by atoms with Crippen molar-refractivity contribution in [2.24, 2.45) is 0 Å². The molecule has 0 atom stereocenters. The smallest absolute Gasteiger partial charge is 0.252 e. The van der Waals surface area contributed by atoms with Crippen LogP contribution in [0.15, 0.2) is 48.5 Å². The molecule has 1 aliphatic rings. The van der Waals surface area contributed by atoms with Gasteiger partial charge in [0, 0.05) is 12.0 Å². The molecule has 1 N–H and O–H groups in total. The first kappa shape index (κ1) is 14.9. The average Bonchev–Trinajstić information content (AvgIpc) is 3.34. The fourth-order valence-corrected chi connectivity index (χ4v) is 2.87. The molecule has 0 radical (unpaired) electrons. The van der Waals surface area contributed by atoms with Crippen molar-refractivity contribution in [2.75, 3.05) is 13.7 Å². The summed E-state index contributed by atoms with van der Waals surface area (Å²) in [5.74, 6) is 0.727. The van der Waals surface area contributed by atoms with Gasteiger partial charge < -0.3 is 10.1 Å². The van der Waals surface area contributed by atoms with Gasteiger partial charge in [0.15, 0.2) is 0 Å². The van der Waals surface area contributed by atoms with Gasteiger partial charge >= 0.3 is 0 Å². The first-order chi connectivity index (χ1) is 10.6. The van der Waals surface area contributed by atoms with Crippen LogP contribution >= 0.6 is 11.6 Å². The molecule has 1 saturated carbocycles. The van der Waals surface area contributed by atoms with Crippen LogP contribution < -0.4 is 10.1 Å². The number of carbonyl (C=O) groups excluding carboxylic acids is 1. The van der Waals surface area contributed by atoms with E-state index in [4.69, 9.17) is 16.3 Å². The highest BCUT2D eigenvalue weighted by Crippen LogP contribution is 2.47. The van der Waals surface area contributed by atoms with Gasteiger partial charge in [0.05, 0.1) is 17.7 Å². The van der Waals surface area contributed by atoms with Gasteiger partial charge in [-0.1, -0.05) is 35.9 Å². The minimum atomic E-state index is -0.120. The molecule has 0 aliphatic heterocycles. The number of amides is 1. The fourth-order valence-electron chi connectivity index (χ4n) is 2.65. The second kappa shape index (κ2) is 6.01. The van der Waals surface area contributed by atoms with Gasteiger partial charge in [0.2, 0.25) is 0 Å². The van der Waals surface area contributed by atoms with E-state index in [0.29, 0.717) is 17.1 Å². The lowest BCUT2D eigenvalue weighted by atomic mass is 9.95. The third-order valence-electron chi connectivity index (χ3n) is 4.26. The Morgan fingerprint density at radius 3 is 2.45 bits per heavy atom. The summed E-state index contributed by atoms with van der Waals surface area (Å²) >= 11 is 6.06. The van der Waals surface area contributed by atoms with Gasteiger partial charge in [-0.05, 0) is 42.7 Å². The van der Waals surface area contributed by atoms with E-state index in [1.54, 1.807) is 19.2 Å². The third-order valence-corrected chi connectivity index (χ3v) is 4.59. The molecule has 3 nitrogen and oxygen atoms in total. The van der Waals surface area contributed by atoms with Crippen molar-refractivity contribution in [3.8, 4) is 5.75 Å². The molecule has 1 aliphatic carbocycles. The van der Waals surface area contributed by atoms with Crippen LogP contribution in [0.4, 0.5) is 0 Å². The molecule has 0 heterocycles. The van der Waals surface area contributed by atoms with Gasteiger partial charge in [-0.25, -0.2) is 0 Å². The van der Waals surface area contributed by atoms with Gasteiger partial charge in [-0.15, -0.1) is 0 Å². The number of halogens is 1. The molecule has 2 aromatic carbocycles. The van der Waals surface area contributed by atoms with Crippen LogP contribution in [0.25, 0.3) is 0 Å². The topological polar surface area (TPSA) is 38.3 Å². The minimum absolute atomic E-state index is 0.0587. The SMILES string of the molecule is COc1ccc(C2(CNC(=O)c3ccccc3Cl)CC2)cc1. The van der Waals surface area contributed by atoms with Crippen molar-refractivity contribution >= 4 is 17.5 Å². The number of rotatable bonds is 5. The summed E-state index contributed by atoms with van der Waals surface area (Å²) in [4.78, 5) is 12.3. The van der Waals surface area contributed by atoms with Crippen LogP contribution in [0.1, 0.15) is 28.8 Å².